The Bertz CT molecular complexity index is 1090. The van der Waals surface area contributed by atoms with Crippen LogP contribution in [0.2, 0.25) is 0 Å². The van der Waals surface area contributed by atoms with Gasteiger partial charge >= 0.3 is 0 Å². The maximum absolute atomic E-state index is 12.8. The molecule has 1 aliphatic heterocycles. The highest BCUT2D eigenvalue weighted by Crippen LogP contribution is 2.31. The van der Waals surface area contributed by atoms with Crippen molar-refractivity contribution in [2.75, 3.05) is 52.4 Å². The molecular weight excluding hydrogens is 412 g/mol. The summed E-state index contributed by atoms with van der Waals surface area (Å²) in [7, 11) is 0. The van der Waals surface area contributed by atoms with Gasteiger partial charge in [-0.05, 0) is 38.6 Å². The van der Waals surface area contributed by atoms with E-state index in [1.165, 1.54) is 5.56 Å². The maximum atomic E-state index is 12.8. The molecule has 4 rings (SSSR count). The van der Waals surface area contributed by atoms with Gasteiger partial charge in [-0.15, -0.1) is 0 Å². The molecule has 33 heavy (non-hydrogen) atoms. The number of hydrogen-bond acceptors (Lipinski definition) is 5. The molecule has 0 saturated carbocycles. The van der Waals surface area contributed by atoms with Gasteiger partial charge in [0.05, 0.1) is 17.8 Å². The standard InChI is InChI=1S/C27H34N4O2/c1-4-30-14-16-31(17-15-30)13-12-28-27(32)22-10-11-24-23(18-22)26(33-5-2)19-25(29-24)21-8-6-20(3)7-9-21/h6-11,18-19H,4-5,12-17H2,1-3H3,(H,28,32). The summed E-state index contributed by atoms with van der Waals surface area (Å²) in [6.45, 7) is 13.8. The van der Waals surface area contributed by atoms with Crippen molar-refractivity contribution in [2.24, 2.45) is 0 Å². The van der Waals surface area contributed by atoms with E-state index in [2.05, 4.69) is 53.2 Å². The number of piperazine rings is 1. The number of nitrogens with zero attached hydrogens (tertiary/aromatic N) is 3. The highest BCUT2D eigenvalue weighted by atomic mass is 16.5. The third-order valence-electron chi connectivity index (χ3n) is 6.31. The number of hydrogen-bond donors (Lipinski definition) is 1. The zero-order valence-electron chi connectivity index (χ0n) is 19.9. The molecular formula is C27H34N4O2. The van der Waals surface area contributed by atoms with Gasteiger partial charge in [0.1, 0.15) is 5.75 Å². The SMILES string of the molecule is CCOc1cc(-c2ccc(C)cc2)nc2ccc(C(=O)NCCN3CCN(CC)CC3)cc12. The number of ether oxygens (including phenoxy) is 1. The lowest BCUT2D eigenvalue weighted by Gasteiger charge is -2.33. The first-order valence-electron chi connectivity index (χ1n) is 11.9. The lowest BCUT2D eigenvalue weighted by Crippen LogP contribution is -2.48. The van der Waals surface area contributed by atoms with Crippen molar-refractivity contribution in [3.63, 3.8) is 0 Å². The Hall–Kier alpha value is -2.96. The van der Waals surface area contributed by atoms with Gasteiger partial charge in [-0.1, -0.05) is 36.8 Å². The van der Waals surface area contributed by atoms with E-state index < -0.39 is 0 Å². The highest BCUT2D eigenvalue weighted by Gasteiger charge is 2.16. The number of fused-ring (bicyclic) bond motifs is 1. The van der Waals surface area contributed by atoms with Crippen LogP contribution >= 0.6 is 0 Å². The van der Waals surface area contributed by atoms with E-state index >= 15 is 0 Å². The molecule has 174 valence electrons. The molecule has 0 spiro atoms. The van der Waals surface area contributed by atoms with Gasteiger partial charge in [-0.25, -0.2) is 4.98 Å². The van der Waals surface area contributed by atoms with E-state index in [0.717, 1.165) is 67.2 Å². The number of aromatic nitrogens is 1. The summed E-state index contributed by atoms with van der Waals surface area (Å²) in [4.78, 5) is 22.5. The average molecular weight is 447 g/mol. The highest BCUT2D eigenvalue weighted by molar-refractivity contribution is 5.99. The van der Waals surface area contributed by atoms with Gasteiger partial charge in [-0.3, -0.25) is 9.69 Å². The van der Waals surface area contributed by atoms with Gasteiger partial charge in [-0.2, -0.15) is 0 Å². The largest absolute Gasteiger partial charge is 0.493 e. The summed E-state index contributed by atoms with van der Waals surface area (Å²) in [6, 6.07) is 15.9. The van der Waals surface area contributed by atoms with Crippen molar-refractivity contribution in [3.05, 3.63) is 59.7 Å². The third-order valence-corrected chi connectivity index (χ3v) is 6.31. The summed E-state index contributed by atoms with van der Waals surface area (Å²) in [5.41, 5.74) is 4.57. The number of amides is 1. The van der Waals surface area contributed by atoms with Crippen LogP contribution in [0.3, 0.4) is 0 Å². The van der Waals surface area contributed by atoms with Crippen LogP contribution in [0.15, 0.2) is 48.5 Å². The van der Waals surface area contributed by atoms with Crippen LogP contribution in [0.4, 0.5) is 0 Å². The van der Waals surface area contributed by atoms with Gasteiger partial charge < -0.3 is 15.0 Å². The van der Waals surface area contributed by atoms with Gasteiger partial charge in [0.15, 0.2) is 0 Å². The second kappa shape index (κ2) is 10.8. The van der Waals surface area contributed by atoms with E-state index in [4.69, 9.17) is 9.72 Å². The van der Waals surface area contributed by atoms with Crippen molar-refractivity contribution in [3.8, 4) is 17.0 Å². The molecule has 0 radical (unpaired) electrons. The summed E-state index contributed by atoms with van der Waals surface area (Å²) in [6.07, 6.45) is 0. The van der Waals surface area contributed by atoms with Gasteiger partial charge in [0.2, 0.25) is 0 Å². The number of carbonyl (C=O) groups excluding carboxylic acids is 1. The predicted molar refractivity (Wildman–Crippen MR) is 134 cm³/mol. The molecule has 0 bridgehead atoms. The number of benzene rings is 2. The minimum Gasteiger partial charge on any atom is -0.493 e. The smallest absolute Gasteiger partial charge is 0.251 e. The molecule has 6 heteroatoms. The Kier molecular flexibility index (Phi) is 7.57. The number of pyridine rings is 1. The Morgan fingerprint density at radius 3 is 2.42 bits per heavy atom. The minimum atomic E-state index is -0.0610. The Balaban J connectivity index is 1.47. The average Bonchev–Trinajstić information content (AvgIpc) is 2.84. The van der Waals surface area contributed by atoms with Gasteiger partial charge in [0.25, 0.3) is 5.91 Å². The fourth-order valence-electron chi connectivity index (χ4n) is 4.24. The molecule has 0 unspecified atom stereocenters. The van der Waals surface area contributed by atoms with Crippen LogP contribution in [-0.4, -0.2) is 73.1 Å². The normalized spacial score (nSPS) is 15.0. The first-order valence-corrected chi connectivity index (χ1v) is 11.9. The maximum Gasteiger partial charge on any atom is 0.251 e. The molecule has 3 aromatic rings. The molecule has 0 atom stereocenters. The lowest BCUT2D eigenvalue weighted by atomic mass is 10.1. The zero-order valence-corrected chi connectivity index (χ0v) is 19.9. The molecule has 1 fully saturated rings. The van der Waals surface area contributed by atoms with Crippen molar-refractivity contribution >= 4 is 16.8 Å². The molecule has 1 aromatic heterocycles. The number of carbonyl (C=O) groups is 1. The van der Waals surface area contributed by atoms with Gasteiger partial charge in [0, 0.05) is 61.8 Å². The number of rotatable bonds is 8. The van der Waals surface area contributed by atoms with Crippen LogP contribution < -0.4 is 10.1 Å². The van der Waals surface area contributed by atoms with Crippen LogP contribution in [-0.2, 0) is 0 Å². The van der Waals surface area contributed by atoms with Crippen molar-refractivity contribution in [1.29, 1.82) is 0 Å². The quantitative estimate of drug-likeness (QED) is 0.567. The lowest BCUT2D eigenvalue weighted by molar-refractivity contribution is 0.0938. The van der Waals surface area contributed by atoms with Crippen molar-refractivity contribution in [2.45, 2.75) is 20.8 Å². The zero-order chi connectivity index (χ0) is 23.2. The molecule has 2 aromatic carbocycles. The van der Waals surface area contributed by atoms with Crippen LogP contribution in [0.5, 0.6) is 5.75 Å². The molecule has 6 nitrogen and oxygen atoms in total. The fourth-order valence-corrected chi connectivity index (χ4v) is 4.24. The number of nitrogens with one attached hydrogen (secondary N) is 1. The second-order valence-corrected chi connectivity index (χ2v) is 8.57. The van der Waals surface area contributed by atoms with Crippen molar-refractivity contribution in [1.82, 2.24) is 20.1 Å². The molecule has 1 aliphatic rings. The fraction of sp³-hybridized carbons (Fsp3) is 0.407. The molecule has 1 amide bonds. The van der Waals surface area contributed by atoms with Crippen LogP contribution in [0, 0.1) is 6.92 Å². The Morgan fingerprint density at radius 1 is 1.00 bits per heavy atom. The third kappa shape index (κ3) is 5.70. The summed E-state index contributed by atoms with van der Waals surface area (Å²) < 4.78 is 5.94. The monoisotopic (exact) mass is 446 g/mol. The number of likely N-dealkylation sites (N-methyl/N-ethyl adjacent to an activating group) is 1. The van der Waals surface area contributed by atoms with Crippen molar-refractivity contribution < 1.29 is 9.53 Å². The van der Waals surface area contributed by atoms with E-state index in [1.54, 1.807) is 0 Å². The molecule has 2 heterocycles. The number of aryl methyl sites for hydroxylation is 1. The van der Waals surface area contributed by atoms with E-state index in [1.807, 2.05) is 31.2 Å². The Morgan fingerprint density at radius 2 is 1.73 bits per heavy atom. The summed E-state index contributed by atoms with van der Waals surface area (Å²) in [5, 5.41) is 3.93. The first-order chi connectivity index (χ1) is 16.1. The van der Waals surface area contributed by atoms with E-state index in [-0.39, 0.29) is 5.91 Å². The second-order valence-electron chi connectivity index (χ2n) is 8.57. The van der Waals surface area contributed by atoms with Crippen LogP contribution in [0.25, 0.3) is 22.2 Å². The van der Waals surface area contributed by atoms with E-state index in [0.29, 0.717) is 18.7 Å². The summed E-state index contributed by atoms with van der Waals surface area (Å²) >= 11 is 0. The summed E-state index contributed by atoms with van der Waals surface area (Å²) in [5.74, 6) is 0.690. The predicted octanol–water partition coefficient (Wildman–Crippen LogP) is 3.98. The molecule has 1 saturated heterocycles. The first kappa shape index (κ1) is 23.2. The van der Waals surface area contributed by atoms with Crippen LogP contribution in [0.1, 0.15) is 29.8 Å². The van der Waals surface area contributed by atoms with E-state index in [9.17, 15) is 4.79 Å². The minimum absolute atomic E-state index is 0.0610. The topological polar surface area (TPSA) is 57.7 Å². The Labute approximate surface area is 196 Å². The molecule has 1 N–H and O–H groups in total. The molecule has 0 aliphatic carbocycles.